The molecule has 0 fully saturated rings. The Bertz CT molecular complexity index is 1320. The number of carboxylic acids is 1. The van der Waals surface area contributed by atoms with Crippen LogP contribution in [0.5, 0.6) is 0 Å². The van der Waals surface area contributed by atoms with Crippen molar-refractivity contribution in [2.75, 3.05) is 18.4 Å². The van der Waals surface area contributed by atoms with E-state index in [4.69, 9.17) is 15.1 Å². The minimum Gasteiger partial charge on any atom is -0.478 e. The average molecular weight is 436 g/mol. The summed E-state index contributed by atoms with van der Waals surface area (Å²) in [6, 6.07) is 7.53. The van der Waals surface area contributed by atoms with E-state index in [-0.39, 0.29) is 5.91 Å². The summed E-state index contributed by atoms with van der Waals surface area (Å²) in [4.78, 5) is 36.6. The van der Waals surface area contributed by atoms with Gasteiger partial charge in [-0.3, -0.25) is 4.79 Å². The summed E-state index contributed by atoms with van der Waals surface area (Å²) in [7, 11) is 1.91. The summed E-state index contributed by atoms with van der Waals surface area (Å²) in [5.41, 5.74) is 4.00. The summed E-state index contributed by atoms with van der Waals surface area (Å²) >= 11 is 1.46. The Morgan fingerprint density at radius 3 is 2.84 bits per heavy atom. The van der Waals surface area contributed by atoms with Crippen LogP contribution < -0.4 is 10.6 Å². The third kappa shape index (κ3) is 4.38. The Labute approximate surface area is 181 Å². The van der Waals surface area contributed by atoms with Gasteiger partial charge >= 0.3 is 5.97 Å². The minimum absolute atomic E-state index is 0.0827. The number of aryl methyl sites for hydroxylation is 1. The molecule has 31 heavy (non-hydrogen) atoms. The van der Waals surface area contributed by atoms with Crippen LogP contribution in [0.1, 0.15) is 12.5 Å². The van der Waals surface area contributed by atoms with Gasteiger partial charge in [0.15, 0.2) is 5.82 Å². The van der Waals surface area contributed by atoms with Gasteiger partial charge in [-0.15, -0.1) is 0 Å². The quantitative estimate of drug-likeness (QED) is 0.301. The van der Waals surface area contributed by atoms with Gasteiger partial charge in [-0.2, -0.15) is 0 Å². The van der Waals surface area contributed by atoms with E-state index >= 15 is 0 Å². The number of thiazole rings is 1. The van der Waals surface area contributed by atoms with Crippen molar-refractivity contribution in [1.29, 1.82) is 0 Å². The largest absolute Gasteiger partial charge is 0.478 e. The van der Waals surface area contributed by atoms with Crippen LogP contribution >= 0.6 is 11.3 Å². The van der Waals surface area contributed by atoms with Gasteiger partial charge in [-0.1, -0.05) is 29.5 Å². The van der Waals surface area contributed by atoms with Gasteiger partial charge in [0, 0.05) is 38.7 Å². The van der Waals surface area contributed by atoms with Crippen molar-refractivity contribution in [1.82, 2.24) is 24.8 Å². The number of anilines is 1. The normalized spacial score (nSPS) is 11.4. The number of hydrogen-bond acceptors (Lipinski definition) is 7. The van der Waals surface area contributed by atoms with E-state index in [2.05, 4.69) is 15.6 Å². The molecule has 158 valence electrons. The molecule has 0 saturated heterocycles. The first-order chi connectivity index (χ1) is 14.9. The highest BCUT2D eigenvalue weighted by atomic mass is 32.1. The summed E-state index contributed by atoms with van der Waals surface area (Å²) in [6.07, 6.45) is 4.38. The van der Waals surface area contributed by atoms with E-state index < -0.39 is 5.97 Å². The molecule has 3 N–H and O–H groups in total. The zero-order valence-corrected chi connectivity index (χ0v) is 17.7. The Morgan fingerprint density at radius 1 is 1.23 bits per heavy atom. The molecular formula is C21H20N6O3S. The predicted octanol–water partition coefficient (Wildman–Crippen LogP) is 2.89. The van der Waals surface area contributed by atoms with Crippen LogP contribution in [-0.2, 0) is 16.6 Å². The molecule has 1 aromatic carbocycles. The molecule has 3 aromatic heterocycles. The van der Waals surface area contributed by atoms with Crippen molar-refractivity contribution in [3.63, 3.8) is 0 Å². The third-order valence-electron chi connectivity index (χ3n) is 4.55. The maximum atomic E-state index is 11.1. The molecule has 0 aliphatic carbocycles. The molecule has 4 rings (SSSR count). The van der Waals surface area contributed by atoms with Crippen molar-refractivity contribution >= 4 is 56.5 Å². The number of nitrogens with one attached hydrogen (secondary N) is 2. The van der Waals surface area contributed by atoms with Crippen LogP contribution in [0.4, 0.5) is 5.82 Å². The number of pyridine rings is 1. The highest BCUT2D eigenvalue weighted by Crippen LogP contribution is 2.35. The van der Waals surface area contributed by atoms with Gasteiger partial charge in [0.05, 0.1) is 6.33 Å². The van der Waals surface area contributed by atoms with Crippen molar-refractivity contribution in [3.8, 4) is 10.6 Å². The van der Waals surface area contributed by atoms with E-state index in [0.29, 0.717) is 24.4 Å². The average Bonchev–Trinajstić information content (AvgIpc) is 3.33. The van der Waals surface area contributed by atoms with Crippen molar-refractivity contribution in [2.45, 2.75) is 6.92 Å². The zero-order valence-electron chi connectivity index (χ0n) is 16.9. The second kappa shape index (κ2) is 8.52. The first-order valence-corrected chi connectivity index (χ1v) is 10.4. The zero-order chi connectivity index (χ0) is 22.0. The Hall–Kier alpha value is -3.79. The van der Waals surface area contributed by atoms with Crippen LogP contribution in [0.3, 0.4) is 0 Å². The third-order valence-corrected chi connectivity index (χ3v) is 5.55. The van der Waals surface area contributed by atoms with Crippen molar-refractivity contribution in [3.05, 3.63) is 42.2 Å². The molecule has 0 aliphatic heterocycles. The number of aromatic nitrogens is 4. The van der Waals surface area contributed by atoms with Gasteiger partial charge in [-0.25, -0.2) is 19.7 Å². The molecule has 0 atom stereocenters. The first kappa shape index (κ1) is 20.5. The summed E-state index contributed by atoms with van der Waals surface area (Å²) in [5, 5.41) is 15.6. The smallest absolute Gasteiger partial charge is 0.328 e. The van der Waals surface area contributed by atoms with Crippen LogP contribution in [0, 0.1) is 0 Å². The molecule has 0 unspecified atom stereocenters. The van der Waals surface area contributed by atoms with Crippen LogP contribution in [0.15, 0.2) is 36.7 Å². The van der Waals surface area contributed by atoms with E-state index in [9.17, 15) is 9.59 Å². The van der Waals surface area contributed by atoms with Crippen molar-refractivity contribution in [2.24, 2.45) is 7.05 Å². The summed E-state index contributed by atoms with van der Waals surface area (Å²) in [5.74, 6) is -0.436. The van der Waals surface area contributed by atoms with Crippen LogP contribution in [-0.4, -0.2) is 49.6 Å². The Morgan fingerprint density at radius 2 is 2.06 bits per heavy atom. The van der Waals surface area contributed by atoms with E-state index in [1.165, 1.54) is 18.3 Å². The number of imidazole rings is 1. The molecule has 0 aliphatic rings. The number of carbonyl (C=O) groups excluding carboxylic acids is 1. The lowest BCUT2D eigenvalue weighted by atomic mass is 10.1. The number of amides is 1. The minimum atomic E-state index is -0.994. The highest BCUT2D eigenvalue weighted by molar-refractivity contribution is 7.21. The number of hydrogen-bond donors (Lipinski definition) is 3. The molecule has 4 aromatic rings. The second-order valence-electron chi connectivity index (χ2n) is 6.89. The SMILES string of the molecule is CC(=O)NCCNc1nc2sc(-c3cccc(C=CC(=O)O)c3)nc2c2c1ncn2C. The molecule has 0 radical (unpaired) electrons. The Balaban J connectivity index is 1.73. The van der Waals surface area contributed by atoms with Gasteiger partial charge in [-0.05, 0) is 17.7 Å². The lowest BCUT2D eigenvalue weighted by molar-refractivity contribution is -0.131. The topological polar surface area (TPSA) is 122 Å². The van der Waals surface area contributed by atoms with Crippen molar-refractivity contribution < 1.29 is 14.7 Å². The first-order valence-electron chi connectivity index (χ1n) is 9.53. The highest BCUT2D eigenvalue weighted by Gasteiger charge is 2.17. The van der Waals surface area contributed by atoms with Gasteiger partial charge < -0.3 is 20.3 Å². The number of carboxylic acid groups (broad SMARTS) is 1. The fourth-order valence-corrected chi connectivity index (χ4v) is 4.13. The standard InChI is InChI=1S/C21H20N6O3S/c1-12(28)22-8-9-23-19-16-18(27(2)11-24-16)17-21(26-19)31-20(25-17)14-5-3-4-13(10-14)6-7-15(29)30/h3-7,10-11H,8-9H2,1-2H3,(H,22,28)(H,23,26)(H,29,30). The Kier molecular flexibility index (Phi) is 5.63. The van der Waals surface area contributed by atoms with Crippen LogP contribution in [0.25, 0.3) is 38.0 Å². The molecule has 10 heteroatoms. The van der Waals surface area contributed by atoms with E-state index in [1.807, 2.05) is 35.9 Å². The maximum Gasteiger partial charge on any atom is 0.328 e. The molecule has 0 bridgehead atoms. The van der Waals surface area contributed by atoms with Gasteiger partial charge in [0.2, 0.25) is 5.91 Å². The summed E-state index contributed by atoms with van der Waals surface area (Å²) in [6.45, 7) is 2.48. The molecule has 1 amide bonds. The lowest BCUT2D eigenvalue weighted by Gasteiger charge is -2.07. The number of carbonyl (C=O) groups is 2. The fourth-order valence-electron chi connectivity index (χ4n) is 3.19. The molecule has 0 saturated carbocycles. The van der Waals surface area contributed by atoms with Gasteiger partial charge in [0.25, 0.3) is 0 Å². The molecule has 3 heterocycles. The second-order valence-corrected chi connectivity index (χ2v) is 7.87. The van der Waals surface area contributed by atoms with E-state index in [0.717, 1.165) is 38.1 Å². The predicted molar refractivity (Wildman–Crippen MR) is 121 cm³/mol. The van der Waals surface area contributed by atoms with Crippen LogP contribution in [0.2, 0.25) is 0 Å². The number of benzene rings is 1. The van der Waals surface area contributed by atoms with E-state index in [1.54, 1.807) is 12.4 Å². The molecule has 0 spiro atoms. The molecular weight excluding hydrogens is 416 g/mol. The van der Waals surface area contributed by atoms with Gasteiger partial charge in [0.1, 0.15) is 26.4 Å². The summed E-state index contributed by atoms with van der Waals surface area (Å²) < 4.78 is 1.91. The maximum absolute atomic E-state index is 11.1. The monoisotopic (exact) mass is 436 g/mol. The number of rotatable bonds is 7. The fraction of sp³-hybridized carbons (Fsp3) is 0.190. The lowest BCUT2D eigenvalue weighted by Crippen LogP contribution is -2.26. The molecule has 9 nitrogen and oxygen atoms in total. The number of fused-ring (bicyclic) bond motifs is 3. The number of aliphatic carboxylic acids is 1. The number of nitrogens with zero attached hydrogens (tertiary/aromatic N) is 4.